The van der Waals surface area contributed by atoms with Gasteiger partial charge in [0.05, 0.1) is 0 Å². The molecule has 256 valence electrons. The van der Waals surface area contributed by atoms with Crippen molar-refractivity contribution in [1.29, 1.82) is 0 Å². The number of fused-ring (bicyclic) bond motifs is 9. The Morgan fingerprint density at radius 2 is 0.963 bits per heavy atom. The number of hydrogen-bond donors (Lipinski definition) is 0. The van der Waals surface area contributed by atoms with Crippen molar-refractivity contribution >= 4 is 31.5 Å². The normalized spacial score (nSPS) is 15.9. The molecule has 0 spiro atoms. The van der Waals surface area contributed by atoms with Gasteiger partial charge >= 0.3 is 0 Å². The molecule has 0 bridgehead atoms. The van der Waals surface area contributed by atoms with E-state index in [2.05, 4.69) is 182 Å². The zero-order valence-electron chi connectivity index (χ0n) is 30.0. The highest BCUT2D eigenvalue weighted by Gasteiger charge is 2.27. The SMILES string of the molecule is c1ccc(C2Cc3ccc(-c4ccc5c(c4)-c4ccccc4C(c4cccc(-c6ccc7c(c6)sc6ccccc67)c4)CC5)cc3-c3ccccc32)cc1. The molecule has 8 aromatic carbocycles. The lowest BCUT2D eigenvalue weighted by Crippen LogP contribution is -2.12. The molecule has 11 rings (SSSR count). The van der Waals surface area contributed by atoms with Crippen molar-refractivity contribution in [2.24, 2.45) is 0 Å². The number of rotatable bonds is 4. The minimum Gasteiger partial charge on any atom is -0.135 e. The van der Waals surface area contributed by atoms with Crippen molar-refractivity contribution in [3.63, 3.8) is 0 Å². The van der Waals surface area contributed by atoms with E-state index in [0.29, 0.717) is 11.8 Å². The lowest BCUT2D eigenvalue weighted by Gasteiger charge is -2.29. The van der Waals surface area contributed by atoms with Gasteiger partial charge in [-0.15, -0.1) is 11.3 Å². The van der Waals surface area contributed by atoms with E-state index in [1.807, 2.05) is 11.3 Å². The van der Waals surface area contributed by atoms with E-state index in [-0.39, 0.29) is 0 Å². The van der Waals surface area contributed by atoms with Crippen molar-refractivity contribution in [3.05, 3.63) is 215 Å². The zero-order valence-corrected chi connectivity index (χ0v) is 30.8. The van der Waals surface area contributed by atoms with Gasteiger partial charge in [0.1, 0.15) is 0 Å². The molecule has 2 atom stereocenters. The first-order valence-corrected chi connectivity index (χ1v) is 20.1. The molecule has 2 aliphatic rings. The number of thiophene rings is 1. The smallest absolute Gasteiger partial charge is 0.0361 e. The van der Waals surface area contributed by atoms with Gasteiger partial charge in [0, 0.05) is 32.0 Å². The molecule has 0 saturated carbocycles. The Hall–Kier alpha value is -6.02. The summed E-state index contributed by atoms with van der Waals surface area (Å²) in [6.45, 7) is 0. The van der Waals surface area contributed by atoms with Gasteiger partial charge in [-0.25, -0.2) is 0 Å². The Balaban J connectivity index is 0.949. The van der Waals surface area contributed by atoms with E-state index in [9.17, 15) is 0 Å². The van der Waals surface area contributed by atoms with E-state index in [1.54, 1.807) is 0 Å². The minimum atomic E-state index is 0.322. The van der Waals surface area contributed by atoms with E-state index in [1.165, 1.54) is 98.1 Å². The summed E-state index contributed by atoms with van der Waals surface area (Å²) in [7, 11) is 0. The van der Waals surface area contributed by atoms with Crippen LogP contribution in [0.3, 0.4) is 0 Å². The van der Waals surface area contributed by atoms with Gasteiger partial charge in [-0.05, 0) is 121 Å². The summed E-state index contributed by atoms with van der Waals surface area (Å²) in [5.41, 5.74) is 19.1. The van der Waals surface area contributed by atoms with Gasteiger partial charge in [-0.1, -0.05) is 158 Å². The van der Waals surface area contributed by atoms with Crippen molar-refractivity contribution in [2.75, 3.05) is 0 Å². The average Bonchev–Trinajstić information content (AvgIpc) is 3.53. The second-order valence-corrected chi connectivity index (χ2v) is 16.2. The monoisotopic (exact) mass is 706 g/mol. The number of hydrogen-bond acceptors (Lipinski definition) is 1. The molecular weight excluding hydrogens is 669 g/mol. The molecule has 0 N–H and O–H groups in total. The summed E-state index contributed by atoms with van der Waals surface area (Å²) in [4.78, 5) is 0. The quantitative estimate of drug-likeness (QED) is 0.171. The summed E-state index contributed by atoms with van der Waals surface area (Å²) >= 11 is 1.89. The van der Waals surface area contributed by atoms with Gasteiger partial charge in [0.25, 0.3) is 0 Å². The van der Waals surface area contributed by atoms with Crippen LogP contribution in [0.5, 0.6) is 0 Å². The Morgan fingerprint density at radius 1 is 0.370 bits per heavy atom. The highest BCUT2D eigenvalue weighted by atomic mass is 32.1. The van der Waals surface area contributed by atoms with E-state index >= 15 is 0 Å². The van der Waals surface area contributed by atoms with Gasteiger partial charge in [0.15, 0.2) is 0 Å². The summed E-state index contributed by atoms with van der Waals surface area (Å²) in [5, 5.41) is 2.70. The molecule has 1 heteroatoms. The van der Waals surface area contributed by atoms with Crippen LogP contribution in [0.4, 0.5) is 0 Å². The van der Waals surface area contributed by atoms with Crippen LogP contribution >= 0.6 is 11.3 Å². The van der Waals surface area contributed by atoms with Crippen LogP contribution in [0, 0.1) is 0 Å². The van der Waals surface area contributed by atoms with Gasteiger partial charge < -0.3 is 0 Å². The lowest BCUT2D eigenvalue weighted by atomic mass is 9.75. The Morgan fingerprint density at radius 3 is 1.78 bits per heavy atom. The first-order chi connectivity index (χ1) is 26.7. The van der Waals surface area contributed by atoms with E-state index in [4.69, 9.17) is 0 Å². The summed E-state index contributed by atoms with van der Waals surface area (Å²) in [6.07, 6.45) is 3.15. The van der Waals surface area contributed by atoms with Crippen LogP contribution in [0.15, 0.2) is 182 Å². The molecule has 0 saturated heterocycles. The predicted molar refractivity (Wildman–Crippen MR) is 230 cm³/mol. The number of aryl methyl sites for hydroxylation is 1. The third kappa shape index (κ3) is 5.26. The van der Waals surface area contributed by atoms with Crippen LogP contribution in [0.25, 0.3) is 64.7 Å². The Bertz CT molecular complexity index is 2870. The third-order valence-corrected chi connectivity index (χ3v) is 13.3. The standard InChI is InChI=1S/C53H38S/c1-2-11-34(12-3-1)50-32-41-24-23-38(31-51(41)46-18-7-6-17-45(46)50)37-22-21-35-25-27-42(43-15-4-5-16-44(43)49(35)30-37)40-14-10-13-36(29-40)39-26-28-48-47-19-8-9-20-52(47)54-53(48)33-39/h1-24,26,28-31,33,42,50H,25,27,32H2. The molecule has 0 radical (unpaired) electrons. The van der Waals surface area contributed by atoms with Crippen LogP contribution in [-0.4, -0.2) is 0 Å². The predicted octanol–water partition coefficient (Wildman–Crippen LogP) is 14.5. The van der Waals surface area contributed by atoms with Crippen LogP contribution < -0.4 is 0 Å². The van der Waals surface area contributed by atoms with Crippen LogP contribution in [-0.2, 0) is 12.8 Å². The fourth-order valence-electron chi connectivity index (χ4n) is 9.46. The molecule has 2 unspecified atom stereocenters. The molecule has 9 aromatic rings. The molecule has 0 amide bonds. The lowest BCUT2D eigenvalue weighted by molar-refractivity contribution is 0.726. The maximum absolute atomic E-state index is 2.47. The van der Waals surface area contributed by atoms with Gasteiger partial charge in [0.2, 0.25) is 0 Å². The fraction of sp³-hybridized carbons (Fsp3) is 0.0943. The van der Waals surface area contributed by atoms with Crippen molar-refractivity contribution in [3.8, 4) is 44.5 Å². The summed E-state index contributed by atoms with van der Waals surface area (Å²) < 4.78 is 2.70. The van der Waals surface area contributed by atoms with Gasteiger partial charge in [-0.3, -0.25) is 0 Å². The Kier molecular flexibility index (Phi) is 7.49. The maximum atomic E-state index is 2.47. The highest BCUT2D eigenvalue weighted by molar-refractivity contribution is 7.25. The molecule has 0 aliphatic heterocycles. The van der Waals surface area contributed by atoms with Gasteiger partial charge in [-0.2, -0.15) is 0 Å². The molecule has 0 fully saturated rings. The molecular formula is C53H38S. The van der Waals surface area contributed by atoms with Crippen molar-refractivity contribution in [1.82, 2.24) is 0 Å². The molecule has 2 aliphatic carbocycles. The minimum absolute atomic E-state index is 0.322. The fourth-order valence-corrected chi connectivity index (χ4v) is 10.6. The summed E-state index contributed by atoms with van der Waals surface area (Å²) in [6, 6.07) is 68.7. The maximum Gasteiger partial charge on any atom is 0.0361 e. The second-order valence-electron chi connectivity index (χ2n) is 15.1. The average molecular weight is 707 g/mol. The topological polar surface area (TPSA) is 0 Å². The molecule has 1 aromatic heterocycles. The van der Waals surface area contributed by atoms with Crippen molar-refractivity contribution in [2.45, 2.75) is 31.1 Å². The third-order valence-electron chi connectivity index (χ3n) is 12.1. The van der Waals surface area contributed by atoms with Crippen molar-refractivity contribution < 1.29 is 0 Å². The van der Waals surface area contributed by atoms with E-state index < -0.39 is 0 Å². The number of benzene rings is 8. The van der Waals surface area contributed by atoms with Crippen LogP contribution in [0.1, 0.15) is 51.6 Å². The second kappa shape index (κ2) is 12.8. The van der Waals surface area contributed by atoms with E-state index in [0.717, 1.165) is 19.3 Å². The molecule has 0 nitrogen and oxygen atoms in total. The molecule has 1 heterocycles. The first-order valence-electron chi connectivity index (χ1n) is 19.3. The largest absolute Gasteiger partial charge is 0.135 e. The Labute approximate surface area is 321 Å². The first kappa shape index (κ1) is 31.5. The zero-order chi connectivity index (χ0) is 35.6. The summed E-state index contributed by atoms with van der Waals surface area (Å²) in [5.74, 6) is 0.700. The van der Waals surface area contributed by atoms with Crippen LogP contribution in [0.2, 0.25) is 0 Å². The highest BCUT2D eigenvalue weighted by Crippen LogP contribution is 2.46. The molecule has 54 heavy (non-hydrogen) atoms.